The van der Waals surface area contributed by atoms with Crippen molar-refractivity contribution in [1.82, 2.24) is 20.2 Å². The van der Waals surface area contributed by atoms with Crippen molar-refractivity contribution in [2.45, 2.75) is 24.3 Å². The smallest absolute Gasteiger partial charge is 0.257 e. The molecule has 0 bridgehead atoms. The summed E-state index contributed by atoms with van der Waals surface area (Å²) in [4.78, 5) is 8.89. The molecule has 0 saturated carbocycles. The Morgan fingerprint density at radius 3 is 3.04 bits per heavy atom. The molecule has 4 aromatic rings. The Morgan fingerprint density at radius 2 is 2.24 bits per heavy atom. The van der Waals surface area contributed by atoms with Gasteiger partial charge in [0, 0.05) is 6.07 Å². The van der Waals surface area contributed by atoms with Gasteiger partial charge in [0.25, 0.3) is 5.89 Å². The van der Waals surface area contributed by atoms with Crippen LogP contribution in [0.5, 0.6) is 5.75 Å². The molecule has 25 heavy (non-hydrogen) atoms. The van der Waals surface area contributed by atoms with Crippen molar-refractivity contribution in [3.8, 4) is 16.5 Å². The third-order valence-electron chi connectivity index (χ3n) is 3.55. The van der Waals surface area contributed by atoms with E-state index in [0.29, 0.717) is 18.4 Å². The number of rotatable bonds is 6. The predicted molar refractivity (Wildman–Crippen MR) is 99.1 cm³/mol. The van der Waals surface area contributed by atoms with E-state index in [9.17, 15) is 0 Å². The summed E-state index contributed by atoms with van der Waals surface area (Å²) < 4.78 is 11.3. The maximum Gasteiger partial charge on any atom is 0.257 e. The van der Waals surface area contributed by atoms with Gasteiger partial charge in [-0.05, 0) is 37.4 Å². The third-order valence-corrected chi connectivity index (χ3v) is 5.38. The number of nitrogens with zero attached hydrogens (tertiary/aromatic N) is 3. The van der Waals surface area contributed by atoms with Crippen molar-refractivity contribution in [2.24, 2.45) is 0 Å². The monoisotopic (exact) mass is 372 g/mol. The number of H-pyrrole nitrogens is 1. The minimum atomic E-state index is -0.00635. The van der Waals surface area contributed by atoms with Crippen LogP contribution in [-0.4, -0.2) is 26.8 Å². The minimum absolute atomic E-state index is 0.00635. The summed E-state index contributed by atoms with van der Waals surface area (Å²) in [6.07, 6.45) is 0. The highest BCUT2D eigenvalue weighted by molar-refractivity contribution is 7.99. The predicted octanol–water partition coefficient (Wildman–Crippen LogP) is 4.93. The first kappa shape index (κ1) is 16.2. The highest BCUT2D eigenvalue weighted by Gasteiger charge is 2.18. The van der Waals surface area contributed by atoms with Crippen molar-refractivity contribution >= 4 is 34.1 Å². The number of nitrogens with one attached hydrogen (secondary N) is 1. The van der Waals surface area contributed by atoms with Crippen LogP contribution in [0.25, 0.3) is 21.8 Å². The van der Waals surface area contributed by atoms with E-state index in [1.807, 2.05) is 49.6 Å². The first-order valence-electron chi connectivity index (χ1n) is 7.89. The molecular weight excluding hydrogens is 356 g/mol. The maximum atomic E-state index is 5.79. The van der Waals surface area contributed by atoms with Crippen LogP contribution in [0.4, 0.5) is 0 Å². The van der Waals surface area contributed by atoms with Crippen LogP contribution in [0.3, 0.4) is 0 Å². The molecule has 0 saturated heterocycles. The second-order valence-corrected chi connectivity index (χ2v) is 7.61. The van der Waals surface area contributed by atoms with Crippen molar-refractivity contribution in [3.63, 3.8) is 0 Å². The summed E-state index contributed by atoms with van der Waals surface area (Å²) in [5.41, 5.74) is 1.86. The van der Waals surface area contributed by atoms with Crippen molar-refractivity contribution in [1.29, 1.82) is 0 Å². The van der Waals surface area contributed by atoms with E-state index in [2.05, 4.69) is 20.2 Å². The number of thioether (sulfide) groups is 1. The van der Waals surface area contributed by atoms with Gasteiger partial charge in [0.05, 0.1) is 27.8 Å². The number of imidazole rings is 1. The average molecular weight is 372 g/mol. The van der Waals surface area contributed by atoms with Crippen LogP contribution in [0.1, 0.15) is 25.0 Å². The molecular formula is C17H16N4O2S2. The Hall–Kier alpha value is -2.32. The highest BCUT2D eigenvalue weighted by atomic mass is 32.2. The largest absolute Gasteiger partial charge is 0.494 e. The Kier molecular flexibility index (Phi) is 4.46. The molecule has 0 spiro atoms. The molecule has 0 radical (unpaired) electrons. The number of ether oxygens (including phenoxy) is 1. The Bertz CT molecular complexity index is 978. The number of hydrogen-bond acceptors (Lipinski definition) is 7. The third kappa shape index (κ3) is 3.40. The van der Waals surface area contributed by atoms with Gasteiger partial charge in [-0.3, -0.25) is 0 Å². The fourth-order valence-corrected chi connectivity index (χ4v) is 3.89. The van der Waals surface area contributed by atoms with Crippen molar-refractivity contribution < 1.29 is 9.15 Å². The van der Waals surface area contributed by atoms with Crippen LogP contribution in [0.15, 0.2) is 45.3 Å². The van der Waals surface area contributed by atoms with Crippen molar-refractivity contribution in [3.05, 3.63) is 41.6 Å². The fourth-order valence-electron chi connectivity index (χ4n) is 2.39. The molecule has 0 amide bonds. The molecule has 0 aliphatic rings. The van der Waals surface area contributed by atoms with E-state index in [1.54, 1.807) is 23.1 Å². The number of thiophene rings is 1. The molecule has 1 aromatic carbocycles. The molecule has 6 nitrogen and oxygen atoms in total. The zero-order chi connectivity index (χ0) is 17.2. The summed E-state index contributed by atoms with van der Waals surface area (Å²) in [5.74, 6) is 1.98. The normalized spacial score (nSPS) is 12.6. The molecule has 3 heterocycles. The van der Waals surface area contributed by atoms with Gasteiger partial charge < -0.3 is 14.1 Å². The zero-order valence-electron chi connectivity index (χ0n) is 13.7. The van der Waals surface area contributed by atoms with Crippen LogP contribution >= 0.6 is 23.1 Å². The quantitative estimate of drug-likeness (QED) is 0.484. The van der Waals surface area contributed by atoms with Crippen molar-refractivity contribution in [2.75, 3.05) is 6.61 Å². The van der Waals surface area contributed by atoms with E-state index in [0.717, 1.165) is 26.8 Å². The molecule has 1 atom stereocenters. The van der Waals surface area contributed by atoms with E-state index >= 15 is 0 Å². The molecule has 0 unspecified atom stereocenters. The summed E-state index contributed by atoms with van der Waals surface area (Å²) in [5, 5.41) is 11.1. The van der Waals surface area contributed by atoms with Gasteiger partial charge in [-0.2, -0.15) is 0 Å². The van der Waals surface area contributed by atoms with Crippen LogP contribution in [0.2, 0.25) is 0 Å². The zero-order valence-corrected chi connectivity index (χ0v) is 15.4. The second-order valence-electron chi connectivity index (χ2n) is 5.34. The van der Waals surface area contributed by atoms with Gasteiger partial charge >= 0.3 is 0 Å². The van der Waals surface area contributed by atoms with Gasteiger partial charge in [0.1, 0.15) is 5.75 Å². The van der Waals surface area contributed by atoms with E-state index in [4.69, 9.17) is 9.15 Å². The molecule has 4 rings (SSSR count). The molecule has 8 heteroatoms. The molecule has 1 N–H and O–H groups in total. The average Bonchev–Trinajstić information content (AvgIpc) is 3.34. The summed E-state index contributed by atoms with van der Waals surface area (Å²) in [6.45, 7) is 4.63. The van der Waals surface area contributed by atoms with Gasteiger partial charge in [0.2, 0.25) is 5.89 Å². The SMILES string of the molecule is CCOc1ccc2nc(S[C@@H](C)c3nnc(-c4cccs4)o3)[nH]c2c1. The minimum Gasteiger partial charge on any atom is -0.494 e. The molecule has 0 aliphatic heterocycles. The summed E-state index contributed by atoms with van der Waals surface area (Å²) >= 11 is 3.13. The number of benzene rings is 1. The lowest BCUT2D eigenvalue weighted by Gasteiger charge is -2.02. The first-order valence-corrected chi connectivity index (χ1v) is 9.65. The Labute approximate surface area is 152 Å². The maximum absolute atomic E-state index is 5.79. The first-order chi connectivity index (χ1) is 12.2. The molecule has 3 aromatic heterocycles. The standard InChI is InChI=1S/C17H16N4O2S2/c1-3-22-11-6-7-12-13(9-11)19-17(18-12)25-10(2)15-20-21-16(23-15)14-5-4-8-24-14/h4-10H,3H2,1-2H3,(H,18,19)/t10-/m0/s1. The van der Waals surface area contributed by atoms with E-state index in [1.165, 1.54) is 0 Å². The van der Waals surface area contributed by atoms with Gasteiger partial charge in [-0.1, -0.05) is 17.8 Å². The summed E-state index contributed by atoms with van der Waals surface area (Å²) in [7, 11) is 0. The Morgan fingerprint density at radius 1 is 1.32 bits per heavy atom. The lowest BCUT2D eigenvalue weighted by Crippen LogP contribution is -1.90. The lowest BCUT2D eigenvalue weighted by atomic mass is 10.3. The second kappa shape index (κ2) is 6.89. The number of aromatic nitrogens is 4. The number of aromatic amines is 1. The lowest BCUT2D eigenvalue weighted by molar-refractivity contribution is 0.340. The van der Waals surface area contributed by atoms with Gasteiger partial charge in [-0.15, -0.1) is 21.5 Å². The van der Waals surface area contributed by atoms with Crippen LogP contribution in [-0.2, 0) is 0 Å². The highest BCUT2D eigenvalue weighted by Crippen LogP contribution is 2.35. The van der Waals surface area contributed by atoms with Gasteiger partial charge in [-0.25, -0.2) is 4.98 Å². The van der Waals surface area contributed by atoms with E-state index in [-0.39, 0.29) is 5.25 Å². The number of fused-ring (bicyclic) bond motifs is 1. The van der Waals surface area contributed by atoms with Gasteiger partial charge in [0.15, 0.2) is 5.16 Å². The molecule has 0 aliphatic carbocycles. The van der Waals surface area contributed by atoms with Crippen LogP contribution < -0.4 is 4.74 Å². The number of hydrogen-bond donors (Lipinski definition) is 1. The van der Waals surface area contributed by atoms with Crippen LogP contribution in [0, 0.1) is 0 Å². The summed E-state index contributed by atoms with van der Waals surface area (Å²) in [6, 6.07) is 9.77. The molecule has 128 valence electrons. The fraction of sp³-hybridized carbons (Fsp3) is 0.235. The molecule has 0 fully saturated rings. The Balaban J connectivity index is 1.52. The topological polar surface area (TPSA) is 76.8 Å². The van der Waals surface area contributed by atoms with E-state index < -0.39 is 0 Å².